The van der Waals surface area contributed by atoms with Crippen molar-refractivity contribution in [1.82, 2.24) is 15.0 Å². The molecule has 1 aromatic carbocycles. The zero-order valence-corrected chi connectivity index (χ0v) is 16.6. The average Bonchev–Trinajstić information content (AvgIpc) is 2.52. The number of nitrogens with zero attached hydrogens (tertiary/aromatic N) is 4. The molecule has 0 aliphatic rings. The van der Waals surface area contributed by atoms with E-state index in [9.17, 15) is 13.5 Å². The molecule has 136 valence electrons. The van der Waals surface area contributed by atoms with E-state index in [4.69, 9.17) is 16.1 Å². The third-order valence-electron chi connectivity index (χ3n) is 2.77. The molecule has 0 bridgehead atoms. The van der Waals surface area contributed by atoms with Gasteiger partial charge in [0.1, 0.15) is 0 Å². The van der Waals surface area contributed by atoms with Crippen molar-refractivity contribution in [3.05, 3.63) is 24.3 Å². The van der Waals surface area contributed by atoms with E-state index in [1.165, 1.54) is 0 Å². The molecule has 1 unspecified atom stereocenters. The Morgan fingerprint density at radius 3 is 2.50 bits per heavy atom. The summed E-state index contributed by atoms with van der Waals surface area (Å²) in [6, 6.07) is 6.68. The first kappa shape index (κ1) is 22.3. The van der Waals surface area contributed by atoms with Gasteiger partial charge in [0.15, 0.2) is 0 Å². The van der Waals surface area contributed by atoms with Crippen molar-refractivity contribution in [2.45, 2.75) is 6.10 Å². The second-order valence-electron chi connectivity index (χ2n) is 4.83. The molecule has 1 atom stereocenters. The Bertz CT molecular complexity index is 799. The Morgan fingerprint density at radius 1 is 1.19 bits per heavy atom. The zero-order chi connectivity index (χ0) is 18.4. The van der Waals surface area contributed by atoms with E-state index in [-0.39, 0.29) is 53.2 Å². The summed E-state index contributed by atoms with van der Waals surface area (Å²) < 4.78 is 21.1. The van der Waals surface area contributed by atoms with Crippen LogP contribution in [0.1, 0.15) is 0 Å². The summed E-state index contributed by atoms with van der Waals surface area (Å²) in [5.74, 6) is -1.11. The molecule has 0 amide bonds. The first-order valence-electron chi connectivity index (χ1n) is 6.88. The fraction of sp³-hybridized carbons (Fsp3) is 0.250. The maximum atomic E-state index is 10.5. The molecule has 0 aliphatic heterocycles. The minimum atomic E-state index is -2.40. The predicted molar refractivity (Wildman–Crippen MR) is 88.1 cm³/mol. The van der Waals surface area contributed by atoms with Crippen LogP contribution >= 0.6 is 0 Å². The molecule has 0 fully saturated rings. The fourth-order valence-corrected chi connectivity index (χ4v) is 2.19. The van der Waals surface area contributed by atoms with Crippen LogP contribution in [-0.4, -0.2) is 48.9 Å². The van der Waals surface area contributed by atoms with Crippen molar-refractivity contribution in [2.24, 2.45) is 0 Å². The molecule has 14 heteroatoms. The van der Waals surface area contributed by atoms with E-state index in [0.717, 1.165) is 0 Å². The summed E-state index contributed by atoms with van der Waals surface area (Å²) >= 11 is 0. The Labute approximate surface area is 172 Å². The van der Waals surface area contributed by atoms with E-state index >= 15 is 0 Å². The van der Waals surface area contributed by atoms with Crippen molar-refractivity contribution in [1.29, 1.82) is 0 Å². The van der Waals surface area contributed by atoms with Crippen LogP contribution in [0, 0.1) is 0 Å². The van der Waals surface area contributed by atoms with E-state index in [2.05, 4.69) is 25.6 Å². The number of nitrogens with one attached hydrogen (secondary N) is 2. The van der Waals surface area contributed by atoms with Gasteiger partial charge in [-0.3, -0.25) is 10.4 Å². The van der Waals surface area contributed by atoms with Crippen LogP contribution in [0.2, 0.25) is 0 Å². The molecule has 0 spiro atoms. The monoisotopic (exact) mass is 393 g/mol. The number of benzene rings is 1. The van der Waals surface area contributed by atoms with Crippen molar-refractivity contribution in [2.75, 3.05) is 33.9 Å². The molecule has 2 aromatic rings. The summed E-state index contributed by atoms with van der Waals surface area (Å²) in [4.78, 5) is 11.5. The normalized spacial score (nSPS) is 11.5. The van der Waals surface area contributed by atoms with Gasteiger partial charge in [0.05, 0.1) is 6.10 Å². The van der Waals surface area contributed by atoms with Gasteiger partial charge in [-0.1, -0.05) is 22.0 Å². The van der Waals surface area contributed by atoms with Crippen molar-refractivity contribution in [3.63, 3.8) is 0 Å². The second-order valence-corrected chi connectivity index (χ2v) is 5.77. The first-order valence-corrected chi connectivity index (χ1v) is 8.12. The van der Waals surface area contributed by atoms with Gasteiger partial charge in [-0.15, -0.1) is 0 Å². The number of aliphatic hydroxyl groups excluding tert-OH is 1. The van der Waals surface area contributed by atoms with Gasteiger partial charge < -0.3 is 29.9 Å². The molecule has 0 saturated carbocycles. The van der Waals surface area contributed by atoms with Crippen LogP contribution in [-0.2, 0) is 19.1 Å². The number of aromatic nitrogens is 3. The maximum absolute atomic E-state index is 10.5. The van der Waals surface area contributed by atoms with Crippen LogP contribution in [0.3, 0.4) is 0 Å². The van der Waals surface area contributed by atoms with Crippen LogP contribution < -0.4 is 51.2 Å². The Morgan fingerprint density at radius 2 is 1.88 bits per heavy atom. The van der Waals surface area contributed by atoms with Gasteiger partial charge in [-0.25, -0.2) is 0 Å². The van der Waals surface area contributed by atoms with Crippen molar-refractivity contribution in [3.8, 4) is 0 Å². The minimum Gasteiger partial charge on any atom is -0.424 e. The number of rotatable bonds is 8. The number of nitrogen functional groups attached to an aromatic ring is 1. The molecule has 1 heterocycles. The number of hydrogen-bond donors (Lipinski definition) is 6. The first-order chi connectivity index (χ1) is 11.8. The van der Waals surface area contributed by atoms with E-state index in [1.54, 1.807) is 24.3 Å². The molecular formula is C12H16N7NaO5S. The predicted octanol–water partition coefficient (Wildman–Crippen LogP) is -3.13. The molecule has 7 N–H and O–H groups in total. The SMILES string of the molecule is Nc1cccc(Nc2nc(NCC(O)C[S-](=O)=O)nc(N(O)O)n2)c1.[Na+]. The summed E-state index contributed by atoms with van der Waals surface area (Å²) in [5, 5.41) is 32.8. The molecule has 0 radical (unpaired) electrons. The second kappa shape index (κ2) is 10.4. The van der Waals surface area contributed by atoms with Gasteiger partial charge in [-0.2, -0.15) is 15.0 Å². The van der Waals surface area contributed by atoms with E-state index < -0.39 is 28.5 Å². The van der Waals surface area contributed by atoms with Crippen molar-refractivity contribution < 1.29 is 53.5 Å². The third-order valence-corrected chi connectivity index (χ3v) is 3.43. The zero-order valence-electron chi connectivity index (χ0n) is 13.7. The molecular weight excluding hydrogens is 377 g/mol. The van der Waals surface area contributed by atoms with E-state index in [1.807, 2.05) is 0 Å². The van der Waals surface area contributed by atoms with Gasteiger partial charge in [0, 0.05) is 17.9 Å². The Balaban J connectivity index is 0.00000338. The Hall–Kier alpha value is -1.74. The van der Waals surface area contributed by atoms with Gasteiger partial charge in [0.25, 0.3) is 5.95 Å². The molecule has 0 aliphatic carbocycles. The standard InChI is InChI=1S/C12H16N7O5S.Na/c13-7-2-1-3-8(4-7)15-11-16-10(17-12(18-11)19(21)22)14-5-9(20)6-25(23)24;/h1-4,9,20-22H,5-6,13H2,(H2,14,15,16,17,18);/q-1;+1. The summed E-state index contributed by atoms with van der Waals surface area (Å²) in [6.45, 7) is -0.175. The van der Waals surface area contributed by atoms with E-state index in [0.29, 0.717) is 11.4 Å². The van der Waals surface area contributed by atoms with Crippen molar-refractivity contribution >= 4 is 39.9 Å². The number of hydrogen-bond acceptors (Lipinski definition) is 13. The molecule has 12 nitrogen and oxygen atoms in total. The smallest absolute Gasteiger partial charge is 0.424 e. The number of nitrogens with two attached hydrogens (primary N) is 1. The Kier molecular flexibility index (Phi) is 8.94. The van der Waals surface area contributed by atoms with Crippen LogP contribution in [0.15, 0.2) is 24.3 Å². The van der Waals surface area contributed by atoms with Gasteiger partial charge in [-0.05, 0) is 24.0 Å². The summed E-state index contributed by atoms with van der Waals surface area (Å²) in [5.41, 5.74) is 6.71. The molecule has 2 rings (SSSR count). The van der Waals surface area contributed by atoms with Crippen LogP contribution in [0.25, 0.3) is 0 Å². The average molecular weight is 393 g/mol. The number of anilines is 5. The largest absolute Gasteiger partial charge is 1.00 e. The van der Waals surface area contributed by atoms with Gasteiger partial charge >= 0.3 is 29.6 Å². The summed E-state index contributed by atoms with van der Waals surface area (Å²) in [6.07, 6.45) is -1.19. The molecule has 26 heavy (non-hydrogen) atoms. The number of aliphatic hydroxyl groups is 1. The topological polar surface area (TPSA) is 187 Å². The minimum absolute atomic E-state index is 0. The maximum Gasteiger partial charge on any atom is 1.00 e. The van der Waals surface area contributed by atoms with Gasteiger partial charge in [0.2, 0.25) is 11.9 Å². The fourth-order valence-electron chi connectivity index (χ4n) is 1.76. The third kappa shape index (κ3) is 7.25. The quantitative estimate of drug-likeness (QED) is 0.115. The summed E-state index contributed by atoms with van der Waals surface area (Å²) in [7, 11) is -2.40. The molecule has 0 saturated heterocycles. The van der Waals surface area contributed by atoms with Crippen LogP contribution in [0.5, 0.6) is 0 Å². The molecule has 1 aromatic heterocycles. The van der Waals surface area contributed by atoms with Crippen LogP contribution in [0.4, 0.5) is 29.2 Å².